The molecule has 76 heavy (non-hydrogen) atoms. The number of allylic oxidation sites excluding steroid dienone is 24. The minimum absolute atomic E-state index is 0.0967. The summed E-state index contributed by atoms with van der Waals surface area (Å²) in [5.41, 5.74) is 0. The van der Waals surface area contributed by atoms with E-state index in [-0.39, 0.29) is 31.1 Å². The Hall–Kier alpha value is -4.71. The Labute approximate surface area is 467 Å². The fourth-order valence-corrected chi connectivity index (χ4v) is 8.00. The molecule has 0 fully saturated rings. The van der Waals surface area contributed by atoms with Crippen LogP contribution in [0, 0.1) is 0 Å². The number of hydrogen-bond donors (Lipinski definition) is 0. The Morgan fingerprint density at radius 1 is 0.276 bits per heavy atom. The Morgan fingerprint density at radius 2 is 0.513 bits per heavy atom. The van der Waals surface area contributed by atoms with Crippen molar-refractivity contribution in [3.8, 4) is 0 Å². The highest BCUT2D eigenvalue weighted by molar-refractivity contribution is 5.71. The van der Waals surface area contributed by atoms with Crippen LogP contribution in [0.15, 0.2) is 146 Å². The quantitative estimate of drug-likeness (QED) is 0.0261. The highest BCUT2D eigenvalue weighted by Crippen LogP contribution is 2.14. The molecule has 0 rings (SSSR count). The molecule has 0 aliphatic rings. The van der Waals surface area contributed by atoms with Gasteiger partial charge in [-0.1, -0.05) is 250 Å². The van der Waals surface area contributed by atoms with Gasteiger partial charge in [-0.2, -0.15) is 0 Å². The Bertz CT molecular complexity index is 1680. The second-order valence-electron chi connectivity index (χ2n) is 19.8. The van der Waals surface area contributed by atoms with Gasteiger partial charge in [0.15, 0.2) is 6.10 Å². The van der Waals surface area contributed by atoms with Crippen LogP contribution in [0.2, 0.25) is 0 Å². The van der Waals surface area contributed by atoms with Crippen LogP contribution >= 0.6 is 0 Å². The zero-order valence-electron chi connectivity index (χ0n) is 49.0. The lowest BCUT2D eigenvalue weighted by Gasteiger charge is -2.18. The van der Waals surface area contributed by atoms with E-state index in [4.69, 9.17) is 14.2 Å². The minimum Gasteiger partial charge on any atom is -0.462 e. The van der Waals surface area contributed by atoms with Gasteiger partial charge in [-0.15, -0.1) is 0 Å². The lowest BCUT2D eigenvalue weighted by Crippen LogP contribution is -2.30. The van der Waals surface area contributed by atoms with E-state index in [0.29, 0.717) is 19.3 Å². The molecule has 0 aromatic carbocycles. The third-order valence-electron chi connectivity index (χ3n) is 12.5. The number of ether oxygens (including phenoxy) is 3. The lowest BCUT2D eigenvalue weighted by atomic mass is 10.1. The predicted octanol–water partition coefficient (Wildman–Crippen LogP) is 21.2. The standard InChI is InChI=1S/C70H112O6/c1-4-7-10-13-16-19-22-24-26-28-30-31-32-33-34-35-36-37-38-39-41-42-44-46-48-51-54-57-60-63-69(72)75-66-67(65-74-68(71)62-59-56-53-50-21-18-15-12-9-6-3)76-70(73)64-61-58-55-52-49-47-45-43-40-29-27-25-23-20-17-14-11-8-5-2/h7-8,10-12,15-17,19-20,24-27,30-31,33-34,36-37,39-41,43,67H,4-6,9,13-14,18,21-23,28-29,32,35,38,42,44-66H2,1-3H3/b10-7-,11-8-,15-12-,19-16-,20-17-,26-24-,27-25-,31-30-,34-33-,37-36-,41-39-,43-40-. The van der Waals surface area contributed by atoms with Gasteiger partial charge in [0.05, 0.1) is 0 Å². The van der Waals surface area contributed by atoms with Crippen LogP contribution in [-0.2, 0) is 28.6 Å². The summed E-state index contributed by atoms with van der Waals surface area (Å²) < 4.78 is 16.8. The fourth-order valence-electron chi connectivity index (χ4n) is 8.00. The molecular formula is C70H112O6. The minimum atomic E-state index is -0.800. The smallest absolute Gasteiger partial charge is 0.306 e. The van der Waals surface area contributed by atoms with E-state index >= 15 is 0 Å². The van der Waals surface area contributed by atoms with Crippen molar-refractivity contribution in [1.29, 1.82) is 0 Å². The molecule has 0 radical (unpaired) electrons. The van der Waals surface area contributed by atoms with E-state index < -0.39 is 6.10 Å². The molecule has 0 bridgehead atoms. The summed E-state index contributed by atoms with van der Waals surface area (Å²) in [7, 11) is 0. The first-order valence-corrected chi connectivity index (χ1v) is 30.8. The van der Waals surface area contributed by atoms with Crippen LogP contribution in [0.1, 0.15) is 258 Å². The maximum absolute atomic E-state index is 12.9. The van der Waals surface area contributed by atoms with Crippen LogP contribution in [-0.4, -0.2) is 37.2 Å². The number of hydrogen-bond acceptors (Lipinski definition) is 6. The first-order valence-electron chi connectivity index (χ1n) is 30.8. The Kier molecular flexibility index (Phi) is 58.9. The van der Waals surface area contributed by atoms with Crippen LogP contribution in [0.25, 0.3) is 0 Å². The van der Waals surface area contributed by atoms with Crippen molar-refractivity contribution in [3.63, 3.8) is 0 Å². The molecule has 428 valence electrons. The van der Waals surface area contributed by atoms with Crippen LogP contribution in [0.3, 0.4) is 0 Å². The summed E-state index contributed by atoms with van der Waals surface area (Å²) >= 11 is 0. The third kappa shape index (κ3) is 60.2. The fraction of sp³-hybridized carbons (Fsp3) is 0.614. The summed E-state index contributed by atoms with van der Waals surface area (Å²) in [6.45, 7) is 6.32. The van der Waals surface area contributed by atoms with Crippen molar-refractivity contribution in [2.24, 2.45) is 0 Å². The molecule has 6 nitrogen and oxygen atoms in total. The van der Waals surface area contributed by atoms with Crippen molar-refractivity contribution in [3.05, 3.63) is 146 Å². The molecule has 0 aliphatic carbocycles. The predicted molar refractivity (Wildman–Crippen MR) is 329 cm³/mol. The van der Waals surface area contributed by atoms with Crippen molar-refractivity contribution in [2.45, 2.75) is 264 Å². The topological polar surface area (TPSA) is 78.9 Å². The zero-order valence-corrected chi connectivity index (χ0v) is 49.0. The molecular weight excluding hydrogens is 937 g/mol. The van der Waals surface area contributed by atoms with Gasteiger partial charge < -0.3 is 14.2 Å². The summed E-state index contributed by atoms with van der Waals surface area (Å²) in [6.07, 6.45) is 89.9. The van der Waals surface area contributed by atoms with Gasteiger partial charge in [0, 0.05) is 19.3 Å². The van der Waals surface area contributed by atoms with Crippen LogP contribution in [0.5, 0.6) is 0 Å². The van der Waals surface area contributed by atoms with Crippen molar-refractivity contribution < 1.29 is 28.6 Å². The zero-order chi connectivity index (χ0) is 55.0. The summed E-state index contributed by atoms with van der Waals surface area (Å²) in [5.74, 6) is -0.936. The second kappa shape index (κ2) is 62.8. The number of esters is 3. The monoisotopic (exact) mass is 1050 g/mol. The third-order valence-corrected chi connectivity index (χ3v) is 12.5. The highest BCUT2D eigenvalue weighted by atomic mass is 16.6. The highest BCUT2D eigenvalue weighted by Gasteiger charge is 2.19. The molecule has 0 aromatic rings. The molecule has 0 aromatic heterocycles. The molecule has 0 heterocycles. The van der Waals surface area contributed by atoms with E-state index in [1.54, 1.807) is 0 Å². The van der Waals surface area contributed by atoms with Crippen molar-refractivity contribution in [2.75, 3.05) is 13.2 Å². The lowest BCUT2D eigenvalue weighted by molar-refractivity contribution is -0.167. The maximum Gasteiger partial charge on any atom is 0.306 e. The van der Waals surface area contributed by atoms with E-state index in [2.05, 4.69) is 167 Å². The molecule has 1 atom stereocenters. The Morgan fingerprint density at radius 3 is 0.816 bits per heavy atom. The van der Waals surface area contributed by atoms with E-state index in [9.17, 15) is 14.4 Å². The van der Waals surface area contributed by atoms with Gasteiger partial charge in [-0.05, 0) is 135 Å². The molecule has 0 saturated heterocycles. The van der Waals surface area contributed by atoms with Crippen molar-refractivity contribution >= 4 is 17.9 Å². The van der Waals surface area contributed by atoms with Gasteiger partial charge in [-0.3, -0.25) is 14.4 Å². The van der Waals surface area contributed by atoms with E-state index in [1.165, 1.54) is 51.4 Å². The molecule has 0 N–H and O–H groups in total. The van der Waals surface area contributed by atoms with Gasteiger partial charge in [-0.25, -0.2) is 0 Å². The normalized spacial score (nSPS) is 13.1. The molecule has 0 aliphatic heterocycles. The van der Waals surface area contributed by atoms with Gasteiger partial charge in [0.2, 0.25) is 0 Å². The van der Waals surface area contributed by atoms with Gasteiger partial charge in [0.25, 0.3) is 0 Å². The summed E-state index contributed by atoms with van der Waals surface area (Å²) in [5, 5.41) is 0. The number of rotatable bonds is 54. The number of unbranched alkanes of at least 4 members (excludes halogenated alkanes) is 19. The average Bonchev–Trinajstić information content (AvgIpc) is 3.42. The number of carbonyl (C=O) groups excluding carboxylic acids is 3. The summed E-state index contributed by atoms with van der Waals surface area (Å²) in [6, 6.07) is 0. The van der Waals surface area contributed by atoms with Gasteiger partial charge >= 0.3 is 17.9 Å². The van der Waals surface area contributed by atoms with Crippen molar-refractivity contribution in [1.82, 2.24) is 0 Å². The molecule has 1 unspecified atom stereocenters. The van der Waals surface area contributed by atoms with Crippen LogP contribution < -0.4 is 0 Å². The first-order chi connectivity index (χ1) is 37.5. The van der Waals surface area contributed by atoms with E-state index in [1.807, 2.05) is 0 Å². The molecule has 0 saturated carbocycles. The maximum atomic E-state index is 12.9. The molecule has 0 amide bonds. The SMILES string of the molecule is CC/C=C\C/C=C\C/C=C\C/C=C\C/C=C\C/C=C\C/C=C\CCCCCCCCCC(=O)OCC(COC(=O)CCCCCCC/C=C\CCC)OC(=O)CCCCCCCC/C=C\C/C=C\C/C=C\C/C=C\CC. The summed E-state index contributed by atoms with van der Waals surface area (Å²) in [4.78, 5) is 38.2. The van der Waals surface area contributed by atoms with Gasteiger partial charge in [0.1, 0.15) is 13.2 Å². The van der Waals surface area contributed by atoms with E-state index in [0.717, 1.165) is 167 Å². The second-order valence-corrected chi connectivity index (χ2v) is 19.8. The average molecular weight is 1050 g/mol. The first kappa shape index (κ1) is 71.3. The largest absolute Gasteiger partial charge is 0.462 e. The van der Waals surface area contributed by atoms with Crippen LogP contribution in [0.4, 0.5) is 0 Å². The molecule has 6 heteroatoms. The Balaban J connectivity index is 4.33. The molecule has 0 spiro atoms. The number of carbonyl (C=O) groups is 3.